The predicted molar refractivity (Wildman–Crippen MR) is 71.4 cm³/mol. The Morgan fingerprint density at radius 2 is 2.06 bits per heavy atom. The van der Waals surface area contributed by atoms with E-state index in [9.17, 15) is 4.79 Å². The van der Waals surface area contributed by atoms with Crippen LogP contribution in [-0.4, -0.2) is 17.7 Å². The molecule has 0 aliphatic rings. The van der Waals surface area contributed by atoms with E-state index in [1.165, 1.54) is 0 Å². The van der Waals surface area contributed by atoms with Gasteiger partial charge in [-0.1, -0.05) is 19.1 Å². The van der Waals surface area contributed by atoms with Crippen LogP contribution in [0.5, 0.6) is 0 Å². The molecule has 0 aliphatic carbocycles. The van der Waals surface area contributed by atoms with Crippen LogP contribution < -0.4 is 10.7 Å². The standard InChI is InChI=1S/C14H18N2O/c1-2-15-9-5-10-16-11-8-14(17)12-6-3-4-7-13(12)16/h3-4,6-8,11,15H,2,5,9-10H2,1H3. The van der Waals surface area contributed by atoms with E-state index in [1.807, 2.05) is 30.5 Å². The van der Waals surface area contributed by atoms with Crippen LogP contribution in [0.2, 0.25) is 0 Å². The highest BCUT2D eigenvalue weighted by atomic mass is 16.1. The average molecular weight is 230 g/mol. The number of aromatic nitrogens is 1. The second-order valence-corrected chi connectivity index (χ2v) is 4.10. The minimum Gasteiger partial charge on any atom is -0.347 e. The Bertz CT molecular complexity index is 545. The van der Waals surface area contributed by atoms with Gasteiger partial charge < -0.3 is 9.88 Å². The molecule has 0 atom stereocenters. The van der Waals surface area contributed by atoms with Gasteiger partial charge in [-0.15, -0.1) is 0 Å². The molecule has 3 nitrogen and oxygen atoms in total. The fourth-order valence-corrected chi connectivity index (χ4v) is 2.01. The van der Waals surface area contributed by atoms with E-state index in [0.717, 1.165) is 37.0 Å². The molecule has 1 aromatic heterocycles. The topological polar surface area (TPSA) is 34.0 Å². The van der Waals surface area contributed by atoms with Gasteiger partial charge in [0.1, 0.15) is 0 Å². The molecule has 0 saturated heterocycles. The number of para-hydroxylation sites is 1. The van der Waals surface area contributed by atoms with E-state index < -0.39 is 0 Å². The van der Waals surface area contributed by atoms with Crippen molar-refractivity contribution in [3.63, 3.8) is 0 Å². The zero-order chi connectivity index (χ0) is 12.1. The van der Waals surface area contributed by atoms with E-state index in [0.29, 0.717) is 0 Å². The summed E-state index contributed by atoms with van der Waals surface area (Å²) in [7, 11) is 0. The van der Waals surface area contributed by atoms with Crippen LogP contribution in [-0.2, 0) is 6.54 Å². The highest BCUT2D eigenvalue weighted by Gasteiger charge is 2.00. The SMILES string of the molecule is CCNCCCn1ccc(=O)c2ccccc21. The maximum Gasteiger partial charge on any atom is 0.189 e. The van der Waals surface area contributed by atoms with E-state index in [4.69, 9.17) is 0 Å². The molecule has 0 radical (unpaired) electrons. The lowest BCUT2D eigenvalue weighted by molar-refractivity contribution is 0.601. The number of nitrogens with zero attached hydrogens (tertiary/aromatic N) is 1. The molecule has 2 aromatic rings. The van der Waals surface area contributed by atoms with E-state index in [2.05, 4.69) is 16.8 Å². The van der Waals surface area contributed by atoms with Crippen LogP contribution in [0.15, 0.2) is 41.3 Å². The Labute approximate surface area is 101 Å². The molecular weight excluding hydrogens is 212 g/mol. The summed E-state index contributed by atoms with van der Waals surface area (Å²) in [6.07, 6.45) is 2.96. The van der Waals surface area contributed by atoms with Crippen molar-refractivity contribution in [2.75, 3.05) is 13.1 Å². The van der Waals surface area contributed by atoms with Crippen molar-refractivity contribution in [3.05, 3.63) is 46.8 Å². The molecule has 1 N–H and O–H groups in total. The van der Waals surface area contributed by atoms with E-state index >= 15 is 0 Å². The molecule has 1 aromatic carbocycles. The molecule has 0 spiro atoms. The van der Waals surface area contributed by atoms with Crippen LogP contribution in [0.25, 0.3) is 10.9 Å². The monoisotopic (exact) mass is 230 g/mol. The highest BCUT2D eigenvalue weighted by molar-refractivity contribution is 5.78. The van der Waals surface area contributed by atoms with Crippen molar-refractivity contribution in [3.8, 4) is 0 Å². The second-order valence-electron chi connectivity index (χ2n) is 4.10. The lowest BCUT2D eigenvalue weighted by Crippen LogP contribution is -2.16. The van der Waals surface area contributed by atoms with Gasteiger partial charge in [-0.2, -0.15) is 0 Å². The lowest BCUT2D eigenvalue weighted by atomic mass is 10.2. The number of aryl methyl sites for hydroxylation is 1. The van der Waals surface area contributed by atoms with E-state index in [1.54, 1.807) is 6.07 Å². The zero-order valence-corrected chi connectivity index (χ0v) is 10.1. The summed E-state index contributed by atoms with van der Waals surface area (Å²) in [5, 5.41) is 4.11. The summed E-state index contributed by atoms with van der Waals surface area (Å²) in [6.45, 7) is 5.06. The smallest absolute Gasteiger partial charge is 0.189 e. The third kappa shape index (κ3) is 2.74. The molecule has 0 amide bonds. The number of hydrogen-bond donors (Lipinski definition) is 1. The molecular formula is C14H18N2O. The first-order valence-electron chi connectivity index (χ1n) is 6.12. The van der Waals surface area contributed by atoms with Gasteiger partial charge in [0.15, 0.2) is 5.43 Å². The third-order valence-corrected chi connectivity index (χ3v) is 2.89. The van der Waals surface area contributed by atoms with Crippen molar-refractivity contribution in [1.82, 2.24) is 9.88 Å². The minimum atomic E-state index is 0.100. The highest BCUT2D eigenvalue weighted by Crippen LogP contribution is 2.09. The normalized spacial score (nSPS) is 10.9. The molecule has 2 rings (SSSR count). The number of pyridine rings is 1. The van der Waals surface area contributed by atoms with Crippen molar-refractivity contribution >= 4 is 10.9 Å². The van der Waals surface area contributed by atoms with Crippen LogP contribution >= 0.6 is 0 Å². The Morgan fingerprint density at radius 1 is 1.24 bits per heavy atom. The molecule has 0 fully saturated rings. The van der Waals surface area contributed by atoms with Gasteiger partial charge in [0.05, 0.1) is 5.52 Å². The van der Waals surface area contributed by atoms with Crippen molar-refractivity contribution in [2.24, 2.45) is 0 Å². The molecule has 0 bridgehead atoms. The van der Waals surface area contributed by atoms with Gasteiger partial charge in [0.25, 0.3) is 0 Å². The number of fused-ring (bicyclic) bond motifs is 1. The maximum atomic E-state index is 11.7. The van der Waals surface area contributed by atoms with Crippen molar-refractivity contribution in [2.45, 2.75) is 19.9 Å². The van der Waals surface area contributed by atoms with Crippen LogP contribution in [0.1, 0.15) is 13.3 Å². The first kappa shape index (κ1) is 11.9. The Kier molecular flexibility index (Phi) is 3.94. The molecule has 0 saturated carbocycles. The fourth-order valence-electron chi connectivity index (χ4n) is 2.01. The van der Waals surface area contributed by atoms with Crippen molar-refractivity contribution in [1.29, 1.82) is 0 Å². The molecule has 17 heavy (non-hydrogen) atoms. The second kappa shape index (κ2) is 5.64. The van der Waals surface area contributed by atoms with E-state index in [-0.39, 0.29) is 5.43 Å². The third-order valence-electron chi connectivity index (χ3n) is 2.89. The van der Waals surface area contributed by atoms with Gasteiger partial charge in [0.2, 0.25) is 0 Å². The Morgan fingerprint density at radius 3 is 2.88 bits per heavy atom. The summed E-state index contributed by atoms with van der Waals surface area (Å²) < 4.78 is 2.15. The van der Waals surface area contributed by atoms with Crippen LogP contribution in [0.4, 0.5) is 0 Å². The molecule has 0 aliphatic heterocycles. The number of hydrogen-bond acceptors (Lipinski definition) is 2. The number of nitrogens with one attached hydrogen (secondary N) is 1. The first-order valence-corrected chi connectivity index (χ1v) is 6.12. The number of rotatable bonds is 5. The minimum absolute atomic E-state index is 0.100. The van der Waals surface area contributed by atoms with Gasteiger partial charge in [0, 0.05) is 24.2 Å². The summed E-state index contributed by atoms with van der Waals surface area (Å²) in [5.74, 6) is 0. The lowest BCUT2D eigenvalue weighted by Gasteiger charge is -2.10. The molecule has 3 heteroatoms. The summed E-state index contributed by atoms with van der Waals surface area (Å²) in [6, 6.07) is 9.42. The Balaban J connectivity index is 2.23. The number of benzene rings is 1. The first-order chi connectivity index (χ1) is 8.33. The van der Waals surface area contributed by atoms with Gasteiger partial charge >= 0.3 is 0 Å². The molecule has 0 unspecified atom stereocenters. The quantitative estimate of drug-likeness (QED) is 0.797. The largest absolute Gasteiger partial charge is 0.347 e. The molecule has 1 heterocycles. The fraction of sp³-hybridized carbons (Fsp3) is 0.357. The van der Waals surface area contributed by atoms with Gasteiger partial charge in [-0.3, -0.25) is 4.79 Å². The maximum absolute atomic E-state index is 11.7. The predicted octanol–water partition coefficient (Wildman–Crippen LogP) is 2.00. The molecule has 90 valence electrons. The van der Waals surface area contributed by atoms with Gasteiger partial charge in [-0.05, 0) is 31.6 Å². The Hall–Kier alpha value is -1.61. The van der Waals surface area contributed by atoms with Crippen LogP contribution in [0, 0.1) is 0 Å². The summed E-state index contributed by atoms with van der Waals surface area (Å²) >= 11 is 0. The van der Waals surface area contributed by atoms with Crippen molar-refractivity contribution < 1.29 is 0 Å². The zero-order valence-electron chi connectivity index (χ0n) is 10.1. The van der Waals surface area contributed by atoms with Crippen LogP contribution in [0.3, 0.4) is 0 Å². The summed E-state index contributed by atoms with van der Waals surface area (Å²) in [4.78, 5) is 11.7. The summed E-state index contributed by atoms with van der Waals surface area (Å²) in [5.41, 5.74) is 1.13. The average Bonchev–Trinajstić information content (AvgIpc) is 2.37. The van der Waals surface area contributed by atoms with Gasteiger partial charge in [-0.25, -0.2) is 0 Å².